The lowest BCUT2D eigenvalue weighted by molar-refractivity contribution is -0.131. The average molecular weight is 304 g/mol. The van der Waals surface area contributed by atoms with Crippen LogP contribution in [0.4, 0.5) is 0 Å². The monoisotopic (exact) mass is 304 g/mol. The number of carboxylic acid groups (broad SMARTS) is 1. The van der Waals surface area contributed by atoms with Crippen molar-refractivity contribution in [3.63, 3.8) is 0 Å². The van der Waals surface area contributed by atoms with Crippen molar-refractivity contribution in [2.45, 2.75) is 66.2 Å². The second kappa shape index (κ2) is 6.60. The molecule has 0 aliphatic heterocycles. The van der Waals surface area contributed by atoms with Crippen LogP contribution in [0.5, 0.6) is 0 Å². The first kappa shape index (κ1) is 17.3. The number of carbonyl (C=O) groups is 1. The molecule has 0 unspecified atom stereocenters. The zero-order valence-electron chi connectivity index (χ0n) is 14.7. The quantitative estimate of drug-likeness (QED) is 0.553. The van der Waals surface area contributed by atoms with E-state index in [1.54, 1.807) is 0 Å². The minimum Gasteiger partial charge on any atom is -0.478 e. The molecule has 2 heteroatoms. The van der Waals surface area contributed by atoms with Gasteiger partial charge in [0, 0.05) is 6.08 Å². The topological polar surface area (TPSA) is 37.3 Å². The molecule has 22 heavy (non-hydrogen) atoms. The lowest BCUT2D eigenvalue weighted by Gasteiger charge is -2.56. The summed E-state index contributed by atoms with van der Waals surface area (Å²) in [6.07, 6.45) is 8.36. The van der Waals surface area contributed by atoms with Gasteiger partial charge in [-0.1, -0.05) is 38.5 Å². The van der Waals surface area contributed by atoms with Gasteiger partial charge in [0.2, 0.25) is 0 Å². The highest BCUT2D eigenvalue weighted by Crippen LogP contribution is 2.59. The van der Waals surface area contributed by atoms with Gasteiger partial charge in [-0.05, 0) is 74.5 Å². The second-order valence-corrected chi connectivity index (χ2v) is 8.10. The SMILES string of the molecule is C=C1CC[C@H]2[C@@H](C)[C@H](C)CC[C@]2(C)[C@H]1CC/C(C)=C/C(=O)O. The van der Waals surface area contributed by atoms with E-state index in [0.717, 1.165) is 42.6 Å². The maximum absolute atomic E-state index is 10.8. The Balaban J connectivity index is 2.14. The summed E-state index contributed by atoms with van der Waals surface area (Å²) in [6, 6.07) is 0. The smallest absolute Gasteiger partial charge is 0.328 e. The summed E-state index contributed by atoms with van der Waals surface area (Å²) in [6.45, 7) is 13.6. The van der Waals surface area contributed by atoms with Gasteiger partial charge in [-0.25, -0.2) is 4.79 Å². The van der Waals surface area contributed by atoms with Crippen LogP contribution in [-0.4, -0.2) is 11.1 Å². The summed E-state index contributed by atoms with van der Waals surface area (Å²) in [5.41, 5.74) is 2.75. The Hall–Kier alpha value is -1.05. The van der Waals surface area contributed by atoms with Crippen molar-refractivity contribution in [2.24, 2.45) is 29.1 Å². The Morgan fingerprint density at radius 2 is 2.09 bits per heavy atom. The van der Waals surface area contributed by atoms with Crippen LogP contribution >= 0.6 is 0 Å². The number of rotatable bonds is 4. The molecule has 0 saturated heterocycles. The fraction of sp³-hybridized carbons (Fsp3) is 0.750. The zero-order chi connectivity index (χ0) is 16.5. The van der Waals surface area contributed by atoms with Crippen LogP contribution in [0.25, 0.3) is 0 Å². The number of aliphatic carboxylic acids is 1. The second-order valence-electron chi connectivity index (χ2n) is 8.10. The maximum Gasteiger partial charge on any atom is 0.328 e. The third kappa shape index (κ3) is 3.31. The van der Waals surface area contributed by atoms with Crippen molar-refractivity contribution in [1.82, 2.24) is 0 Å². The van der Waals surface area contributed by atoms with Gasteiger partial charge < -0.3 is 5.11 Å². The van der Waals surface area contributed by atoms with Crippen LogP contribution < -0.4 is 0 Å². The number of allylic oxidation sites excluding steroid dienone is 2. The molecule has 5 atom stereocenters. The Morgan fingerprint density at radius 1 is 1.41 bits per heavy atom. The molecule has 0 bridgehead atoms. The molecule has 2 aliphatic rings. The molecule has 0 heterocycles. The Labute approximate surface area is 135 Å². The first-order valence-electron chi connectivity index (χ1n) is 8.83. The van der Waals surface area contributed by atoms with Crippen molar-refractivity contribution >= 4 is 5.97 Å². The molecule has 2 nitrogen and oxygen atoms in total. The number of hydrogen-bond donors (Lipinski definition) is 1. The van der Waals surface area contributed by atoms with E-state index in [-0.39, 0.29) is 0 Å². The Kier molecular flexibility index (Phi) is 5.19. The minimum absolute atomic E-state index is 0.366. The van der Waals surface area contributed by atoms with Gasteiger partial charge in [-0.15, -0.1) is 0 Å². The van der Waals surface area contributed by atoms with Crippen molar-refractivity contribution in [1.29, 1.82) is 0 Å². The standard InChI is InChI=1S/C20H32O2/c1-13(12-19(21)22)6-8-17-15(3)7-9-18-16(4)14(2)10-11-20(17,18)5/h12,14,16-18H,3,6-11H2,1-2,4-5H3,(H,21,22)/b13-12+/t14-,16+,17+,18+,20-/m1/s1. The first-order chi connectivity index (χ1) is 10.3. The predicted molar refractivity (Wildman–Crippen MR) is 91.6 cm³/mol. The highest BCUT2D eigenvalue weighted by molar-refractivity contribution is 5.80. The largest absolute Gasteiger partial charge is 0.478 e. The molecule has 124 valence electrons. The summed E-state index contributed by atoms with van der Waals surface area (Å²) in [5, 5.41) is 8.88. The molecule has 0 aromatic heterocycles. The molecule has 2 rings (SSSR count). The van der Waals surface area contributed by atoms with Crippen LogP contribution in [0.2, 0.25) is 0 Å². The van der Waals surface area contributed by atoms with E-state index in [2.05, 4.69) is 27.4 Å². The lowest BCUT2D eigenvalue weighted by atomic mass is 9.49. The molecule has 0 spiro atoms. The minimum atomic E-state index is -0.829. The van der Waals surface area contributed by atoms with Crippen LogP contribution in [0.15, 0.2) is 23.8 Å². The molecule has 0 aromatic rings. The van der Waals surface area contributed by atoms with Crippen LogP contribution in [0, 0.1) is 29.1 Å². The summed E-state index contributed by atoms with van der Waals surface area (Å²) < 4.78 is 0. The summed E-state index contributed by atoms with van der Waals surface area (Å²) in [5.74, 6) is 2.15. The van der Waals surface area contributed by atoms with Gasteiger partial charge in [0.15, 0.2) is 0 Å². The molecule has 2 saturated carbocycles. The van der Waals surface area contributed by atoms with Gasteiger partial charge in [0.1, 0.15) is 0 Å². The molecule has 0 radical (unpaired) electrons. The van der Waals surface area contributed by atoms with Gasteiger partial charge in [-0.2, -0.15) is 0 Å². The van der Waals surface area contributed by atoms with E-state index in [4.69, 9.17) is 5.11 Å². The number of carboxylic acids is 1. The van der Waals surface area contributed by atoms with Crippen molar-refractivity contribution in [3.05, 3.63) is 23.8 Å². The molecular weight excluding hydrogens is 272 g/mol. The van der Waals surface area contributed by atoms with Crippen LogP contribution in [-0.2, 0) is 4.79 Å². The lowest BCUT2D eigenvalue weighted by Crippen LogP contribution is -2.47. The highest BCUT2D eigenvalue weighted by Gasteiger charge is 2.50. The zero-order valence-corrected chi connectivity index (χ0v) is 14.7. The number of hydrogen-bond acceptors (Lipinski definition) is 1. The third-order valence-corrected chi connectivity index (χ3v) is 6.78. The van der Waals surface area contributed by atoms with Gasteiger partial charge in [-0.3, -0.25) is 0 Å². The molecule has 0 aromatic carbocycles. The summed E-state index contributed by atoms with van der Waals surface area (Å²) in [4.78, 5) is 10.8. The van der Waals surface area contributed by atoms with E-state index >= 15 is 0 Å². The average Bonchev–Trinajstić information content (AvgIpc) is 2.42. The predicted octanol–water partition coefficient (Wildman–Crippen LogP) is 5.45. The van der Waals surface area contributed by atoms with E-state index in [1.165, 1.54) is 30.9 Å². The Morgan fingerprint density at radius 3 is 2.73 bits per heavy atom. The van der Waals surface area contributed by atoms with Gasteiger partial charge in [0.05, 0.1) is 0 Å². The molecular formula is C20H32O2. The van der Waals surface area contributed by atoms with Crippen LogP contribution in [0.3, 0.4) is 0 Å². The van der Waals surface area contributed by atoms with Gasteiger partial charge >= 0.3 is 5.97 Å². The summed E-state index contributed by atoms with van der Waals surface area (Å²) in [7, 11) is 0. The van der Waals surface area contributed by atoms with Crippen molar-refractivity contribution < 1.29 is 9.90 Å². The molecule has 1 N–H and O–H groups in total. The van der Waals surface area contributed by atoms with Crippen LogP contribution in [0.1, 0.15) is 66.2 Å². The third-order valence-electron chi connectivity index (χ3n) is 6.78. The van der Waals surface area contributed by atoms with E-state index in [0.29, 0.717) is 11.3 Å². The number of fused-ring (bicyclic) bond motifs is 1. The fourth-order valence-corrected chi connectivity index (χ4v) is 5.18. The highest BCUT2D eigenvalue weighted by atomic mass is 16.4. The molecule has 2 fully saturated rings. The molecule has 2 aliphatic carbocycles. The fourth-order valence-electron chi connectivity index (χ4n) is 5.18. The van der Waals surface area contributed by atoms with Crippen molar-refractivity contribution in [3.8, 4) is 0 Å². The maximum atomic E-state index is 10.8. The normalized spacial score (nSPS) is 39.5. The first-order valence-corrected chi connectivity index (χ1v) is 8.83. The van der Waals surface area contributed by atoms with E-state index in [9.17, 15) is 4.79 Å². The van der Waals surface area contributed by atoms with E-state index in [1.807, 2.05) is 6.92 Å². The van der Waals surface area contributed by atoms with Gasteiger partial charge in [0.25, 0.3) is 0 Å². The Bertz CT molecular complexity index is 476. The van der Waals surface area contributed by atoms with Crippen molar-refractivity contribution in [2.75, 3.05) is 0 Å². The van der Waals surface area contributed by atoms with E-state index < -0.39 is 5.97 Å². The molecule has 0 amide bonds. The summed E-state index contributed by atoms with van der Waals surface area (Å²) >= 11 is 0.